The molecule has 15 heavy (non-hydrogen) atoms. The normalized spacial score (nSPS) is 24.3. The first-order chi connectivity index (χ1) is 7.34. The van der Waals surface area contributed by atoms with E-state index in [0.29, 0.717) is 6.04 Å². The zero-order valence-corrected chi connectivity index (χ0v) is 8.31. The first-order valence-electron chi connectivity index (χ1n) is 5.28. The fourth-order valence-electron chi connectivity index (χ4n) is 1.81. The molecule has 1 aromatic rings. The zero-order valence-electron chi connectivity index (χ0n) is 8.31. The molecule has 0 saturated heterocycles. The molecule has 3 heteroatoms. The number of nitrogens with zero attached hydrogens (tertiary/aromatic N) is 1. The molecule has 1 atom stereocenters. The maximum atomic E-state index is 11.7. The van der Waals surface area contributed by atoms with Crippen LogP contribution in [0.2, 0.25) is 0 Å². The van der Waals surface area contributed by atoms with Crippen molar-refractivity contribution in [2.24, 2.45) is 4.99 Å². The Hall–Kier alpha value is -1.64. The minimum absolute atomic E-state index is 0.0422. The van der Waals surface area contributed by atoms with Crippen LogP contribution in [-0.4, -0.2) is 18.2 Å². The van der Waals surface area contributed by atoms with Crippen LogP contribution in [0, 0.1) is 0 Å². The molecule has 76 valence electrons. The molecular formula is C12H12N2O. The van der Waals surface area contributed by atoms with Crippen LogP contribution in [0.1, 0.15) is 24.3 Å². The van der Waals surface area contributed by atoms with Crippen molar-refractivity contribution in [1.29, 1.82) is 0 Å². The molecular weight excluding hydrogens is 188 g/mol. The molecule has 1 heterocycles. The van der Waals surface area contributed by atoms with Crippen LogP contribution in [-0.2, 0) is 4.79 Å². The molecule has 0 unspecified atom stereocenters. The highest BCUT2D eigenvalue weighted by Crippen LogP contribution is 2.32. The highest BCUT2D eigenvalue weighted by molar-refractivity contribution is 6.12. The van der Waals surface area contributed by atoms with Crippen molar-refractivity contribution in [3.05, 3.63) is 29.8 Å². The smallest absolute Gasteiger partial charge is 0.237 e. The molecule has 2 aliphatic rings. The summed E-state index contributed by atoms with van der Waals surface area (Å²) in [5, 5.41) is 2.86. The lowest BCUT2D eigenvalue weighted by Crippen LogP contribution is -2.13. The second kappa shape index (κ2) is 3.19. The van der Waals surface area contributed by atoms with Crippen LogP contribution in [0.5, 0.6) is 0 Å². The SMILES string of the molecule is O=C1Nc2ccccc2[C@@H]1C=NC1CC1. The Morgan fingerprint density at radius 2 is 2.13 bits per heavy atom. The van der Waals surface area contributed by atoms with Crippen molar-refractivity contribution in [3.8, 4) is 0 Å². The summed E-state index contributed by atoms with van der Waals surface area (Å²) in [4.78, 5) is 16.0. The van der Waals surface area contributed by atoms with Crippen molar-refractivity contribution in [1.82, 2.24) is 0 Å². The first-order valence-corrected chi connectivity index (χ1v) is 5.28. The van der Waals surface area contributed by atoms with E-state index in [4.69, 9.17) is 0 Å². The molecule has 1 N–H and O–H groups in total. The van der Waals surface area contributed by atoms with Gasteiger partial charge in [0.1, 0.15) is 5.92 Å². The second-order valence-electron chi connectivity index (χ2n) is 4.08. The van der Waals surface area contributed by atoms with Gasteiger partial charge in [0.2, 0.25) is 5.91 Å². The summed E-state index contributed by atoms with van der Waals surface area (Å²) in [6.07, 6.45) is 4.15. The van der Waals surface area contributed by atoms with Crippen molar-refractivity contribution in [3.63, 3.8) is 0 Å². The van der Waals surface area contributed by atoms with Crippen molar-refractivity contribution < 1.29 is 4.79 Å². The largest absolute Gasteiger partial charge is 0.325 e. The van der Waals surface area contributed by atoms with Gasteiger partial charge >= 0.3 is 0 Å². The van der Waals surface area contributed by atoms with E-state index in [1.165, 1.54) is 12.8 Å². The number of benzene rings is 1. The molecule has 0 spiro atoms. The van der Waals surface area contributed by atoms with Crippen LogP contribution in [0.4, 0.5) is 5.69 Å². The van der Waals surface area contributed by atoms with E-state index in [0.717, 1.165) is 11.3 Å². The average Bonchev–Trinajstić information content (AvgIpc) is 3.00. The van der Waals surface area contributed by atoms with Crippen LogP contribution >= 0.6 is 0 Å². The molecule has 1 aliphatic heterocycles. The highest BCUT2D eigenvalue weighted by Gasteiger charge is 2.29. The van der Waals surface area contributed by atoms with Crippen molar-refractivity contribution >= 4 is 17.8 Å². The Labute approximate surface area is 88.2 Å². The topological polar surface area (TPSA) is 41.5 Å². The van der Waals surface area contributed by atoms with E-state index in [1.807, 2.05) is 24.3 Å². The lowest BCUT2D eigenvalue weighted by atomic mass is 10.0. The third kappa shape index (κ3) is 1.54. The minimum atomic E-state index is -0.179. The number of fused-ring (bicyclic) bond motifs is 1. The Kier molecular flexibility index (Phi) is 1.84. The molecule has 1 aliphatic carbocycles. The third-order valence-electron chi connectivity index (χ3n) is 2.83. The fraction of sp³-hybridized carbons (Fsp3) is 0.333. The molecule has 1 amide bonds. The Balaban J connectivity index is 1.91. The van der Waals surface area contributed by atoms with Crippen LogP contribution in [0.25, 0.3) is 0 Å². The van der Waals surface area contributed by atoms with Crippen LogP contribution in [0.15, 0.2) is 29.3 Å². The van der Waals surface area contributed by atoms with Gasteiger partial charge in [0.25, 0.3) is 0 Å². The number of para-hydroxylation sites is 1. The predicted octanol–water partition coefficient (Wildman–Crippen LogP) is 1.96. The van der Waals surface area contributed by atoms with Gasteiger partial charge in [-0.2, -0.15) is 0 Å². The van der Waals surface area contributed by atoms with Crippen LogP contribution < -0.4 is 5.32 Å². The number of rotatable bonds is 2. The van der Waals surface area contributed by atoms with Gasteiger partial charge in [0, 0.05) is 17.9 Å². The van der Waals surface area contributed by atoms with Gasteiger partial charge in [-0.25, -0.2) is 0 Å². The number of carbonyl (C=O) groups excluding carboxylic acids is 1. The highest BCUT2D eigenvalue weighted by atomic mass is 16.2. The van der Waals surface area contributed by atoms with Crippen molar-refractivity contribution in [2.45, 2.75) is 24.8 Å². The van der Waals surface area contributed by atoms with Crippen molar-refractivity contribution in [2.75, 3.05) is 5.32 Å². The van der Waals surface area contributed by atoms with Gasteiger partial charge in [-0.1, -0.05) is 18.2 Å². The summed E-state index contributed by atoms with van der Waals surface area (Å²) >= 11 is 0. The maximum absolute atomic E-state index is 11.7. The summed E-state index contributed by atoms with van der Waals surface area (Å²) in [6.45, 7) is 0. The Morgan fingerprint density at radius 3 is 2.93 bits per heavy atom. The quantitative estimate of drug-likeness (QED) is 0.728. The molecule has 1 aromatic carbocycles. The molecule has 0 aromatic heterocycles. The molecule has 3 rings (SSSR count). The van der Waals surface area contributed by atoms with E-state index in [9.17, 15) is 4.79 Å². The number of nitrogens with one attached hydrogen (secondary N) is 1. The number of aliphatic imine (C=N–C) groups is 1. The van der Waals surface area contributed by atoms with E-state index in [2.05, 4.69) is 10.3 Å². The maximum Gasteiger partial charge on any atom is 0.237 e. The number of anilines is 1. The summed E-state index contributed by atoms with van der Waals surface area (Å²) < 4.78 is 0. The summed E-state index contributed by atoms with van der Waals surface area (Å²) in [5.41, 5.74) is 1.97. The zero-order chi connectivity index (χ0) is 10.3. The number of hydrogen-bond donors (Lipinski definition) is 1. The minimum Gasteiger partial charge on any atom is -0.325 e. The van der Waals surface area contributed by atoms with E-state index >= 15 is 0 Å². The average molecular weight is 200 g/mol. The summed E-state index contributed by atoms with van der Waals surface area (Å²) in [6, 6.07) is 8.27. The second-order valence-corrected chi connectivity index (χ2v) is 4.08. The van der Waals surface area contributed by atoms with Gasteiger partial charge in [0.05, 0.1) is 0 Å². The number of carbonyl (C=O) groups is 1. The monoisotopic (exact) mass is 200 g/mol. The van der Waals surface area contributed by atoms with Gasteiger partial charge < -0.3 is 5.32 Å². The van der Waals surface area contributed by atoms with Gasteiger partial charge in [-0.15, -0.1) is 0 Å². The lowest BCUT2D eigenvalue weighted by Gasteiger charge is -2.00. The first kappa shape index (κ1) is 8.65. The number of amides is 1. The molecule has 0 radical (unpaired) electrons. The van der Waals surface area contributed by atoms with E-state index in [1.54, 1.807) is 6.21 Å². The molecule has 3 nitrogen and oxygen atoms in total. The predicted molar refractivity (Wildman–Crippen MR) is 59.3 cm³/mol. The fourth-order valence-corrected chi connectivity index (χ4v) is 1.81. The summed E-state index contributed by atoms with van der Waals surface area (Å²) in [7, 11) is 0. The molecule has 0 bridgehead atoms. The third-order valence-corrected chi connectivity index (χ3v) is 2.83. The number of hydrogen-bond acceptors (Lipinski definition) is 2. The molecule has 1 fully saturated rings. The van der Waals surface area contributed by atoms with Gasteiger partial charge in [-0.3, -0.25) is 9.79 Å². The van der Waals surface area contributed by atoms with E-state index < -0.39 is 0 Å². The van der Waals surface area contributed by atoms with Gasteiger partial charge in [-0.05, 0) is 24.5 Å². The standard InChI is InChI=1S/C12H12N2O/c15-12-10(7-13-8-5-6-8)9-3-1-2-4-11(9)14-12/h1-4,7-8,10H,5-6H2,(H,14,15)/t10-/m0/s1. The molecule has 1 saturated carbocycles. The summed E-state index contributed by atoms with van der Waals surface area (Å²) in [5.74, 6) is -0.137. The van der Waals surface area contributed by atoms with E-state index in [-0.39, 0.29) is 11.8 Å². The lowest BCUT2D eigenvalue weighted by molar-refractivity contribution is -0.115. The van der Waals surface area contributed by atoms with Crippen LogP contribution in [0.3, 0.4) is 0 Å². The van der Waals surface area contributed by atoms with Gasteiger partial charge in [0.15, 0.2) is 0 Å². The Morgan fingerprint density at radius 1 is 1.33 bits per heavy atom. The Bertz CT molecular complexity index is 435.